The SMILES string of the molecule is C.C.Fc1c[c-]c(-c2cccc(C3(c4cccc(-c5[c-]cc(F)cc5F)n4)c4ccccc4-c4ccccc43)n2)c(F)c1.[Pt+2]. The Kier molecular flexibility index (Phi) is 9.36. The number of fused-ring (bicyclic) bond motifs is 3. The summed E-state index contributed by atoms with van der Waals surface area (Å²) in [6.07, 6.45) is 0. The Morgan fingerprint density at radius 2 is 0.932 bits per heavy atom. The summed E-state index contributed by atoms with van der Waals surface area (Å²) in [7, 11) is 0. The number of hydrogen-bond donors (Lipinski definition) is 0. The maximum Gasteiger partial charge on any atom is 2.00 e. The molecule has 0 aliphatic heterocycles. The van der Waals surface area contributed by atoms with Crippen molar-refractivity contribution in [2.24, 2.45) is 0 Å². The van der Waals surface area contributed by atoms with E-state index in [1.807, 2.05) is 60.7 Å². The van der Waals surface area contributed by atoms with Gasteiger partial charge in [-0.1, -0.05) is 111 Å². The molecule has 0 atom stereocenters. The van der Waals surface area contributed by atoms with Crippen LogP contribution in [0.3, 0.4) is 0 Å². The molecule has 1 aliphatic rings. The fourth-order valence-electron chi connectivity index (χ4n) is 5.77. The molecule has 44 heavy (non-hydrogen) atoms. The van der Waals surface area contributed by atoms with Crippen molar-refractivity contribution in [2.75, 3.05) is 0 Å². The summed E-state index contributed by atoms with van der Waals surface area (Å²) in [6.45, 7) is 0. The van der Waals surface area contributed by atoms with Crippen LogP contribution in [0.15, 0.2) is 109 Å². The second kappa shape index (κ2) is 12.7. The number of aromatic nitrogens is 2. The minimum atomic E-state index is -1.08. The van der Waals surface area contributed by atoms with Gasteiger partial charge in [0.05, 0.1) is 11.4 Å². The first-order valence-corrected chi connectivity index (χ1v) is 12.9. The largest absolute Gasteiger partial charge is 2.00 e. The van der Waals surface area contributed by atoms with Gasteiger partial charge in [0.15, 0.2) is 0 Å². The van der Waals surface area contributed by atoms with Crippen LogP contribution >= 0.6 is 0 Å². The van der Waals surface area contributed by atoms with Crippen LogP contribution in [0.4, 0.5) is 17.6 Å². The van der Waals surface area contributed by atoms with Gasteiger partial charge < -0.3 is 0 Å². The smallest absolute Gasteiger partial charge is 0.299 e. The second-order valence-corrected chi connectivity index (χ2v) is 9.74. The Balaban J connectivity index is 0.00000147. The minimum absolute atomic E-state index is 0. The van der Waals surface area contributed by atoms with E-state index in [0.29, 0.717) is 11.4 Å². The molecule has 2 heterocycles. The van der Waals surface area contributed by atoms with E-state index in [1.54, 1.807) is 24.3 Å². The first kappa shape index (κ1) is 32.5. The third-order valence-corrected chi connectivity index (χ3v) is 7.45. The number of halogens is 4. The van der Waals surface area contributed by atoms with E-state index in [1.165, 1.54) is 0 Å². The third kappa shape index (κ3) is 5.07. The normalized spacial score (nSPS) is 12.2. The number of nitrogens with zero attached hydrogens (tertiary/aromatic N) is 2. The molecule has 4 aromatic carbocycles. The van der Waals surface area contributed by atoms with Crippen molar-refractivity contribution in [1.82, 2.24) is 9.97 Å². The Morgan fingerprint density at radius 3 is 1.34 bits per heavy atom. The molecule has 0 bridgehead atoms. The maximum absolute atomic E-state index is 14.9. The average Bonchev–Trinajstić information content (AvgIpc) is 3.29. The summed E-state index contributed by atoms with van der Waals surface area (Å²) in [5.74, 6) is -3.02. The molecule has 6 aromatic rings. The van der Waals surface area contributed by atoms with Gasteiger partial charge in [-0.2, -0.15) is 0 Å². The topological polar surface area (TPSA) is 25.8 Å². The van der Waals surface area contributed by atoms with Crippen LogP contribution in [0.25, 0.3) is 33.6 Å². The Hall–Kier alpha value is -4.41. The van der Waals surface area contributed by atoms with Crippen LogP contribution in [-0.4, -0.2) is 9.97 Å². The summed E-state index contributed by atoms with van der Waals surface area (Å²) >= 11 is 0. The van der Waals surface area contributed by atoms with Gasteiger partial charge in [0.1, 0.15) is 5.41 Å². The van der Waals surface area contributed by atoms with Crippen molar-refractivity contribution in [1.29, 1.82) is 0 Å². The van der Waals surface area contributed by atoms with Gasteiger partial charge in [-0.05, 0) is 45.8 Å². The first-order chi connectivity index (χ1) is 20.0. The molecule has 7 heteroatoms. The van der Waals surface area contributed by atoms with Gasteiger partial charge in [-0.3, -0.25) is 27.5 Å². The molecule has 0 fully saturated rings. The van der Waals surface area contributed by atoms with Gasteiger partial charge in [0.2, 0.25) is 0 Å². The Morgan fingerprint density at radius 1 is 0.523 bits per heavy atom. The van der Waals surface area contributed by atoms with E-state index in [-0.39, 0.29) is 58.4 Å². The summed E-state index contributed by atoms with van der Waals surface area (Å²) in [5.41, 5.74) is 4.35. The summed E-state index contributed by atoms with van der Waals surface area (Å²) in [6, 6.07) is 35.3. The van der Waals surface area contributed by atoms with Crippen LogP contribution < -0.4 is 0 Å². The molecule has 0 unspecified atom stereocenters. The van der Waals surface area contributed by atoms with Crippen LogP contribution in [0.1, 0.15) is 37.4 Å². The zero-order chi connectivity index (χ0) is 28.1. The van der Waals surface area contributed by atoms with Gasteiger partial charge in [0, 0.05) is 23.3 Å². The zero-order valence-electron chi connectivity index (χ0n) is 21.6. The molecule has 0 saturated heterocycles. The molecule has 0 saturated carbocycles. The summed E-state index contributed by atoms with van der Waals surface area (Å²) in [5, 5.41) is 0. The number of rotatable bonds is 4. The third-order valence-electron chi connectivity index (χ3n) is 7.45. The van der Waals surface area contributed by atoms with Crippen LogP contribution in [0.2, 0.25) is 0 Å². The van der Waals surface area contributed by atoms with Crippen LogP contribution in [0.5, 0.6) is 0 Å². The molecule has 0 radical (unpaired) electrons. The van der Waals surface area contributed by atoms with E-state index >= 15 is 0 Å². The molecule has 0 amide bonds. The van der Waals surface area contributed by atoms with Crippen molar-refractivity contribution >= 4 is 0 Å². The molecule has 7 rings (SSSR count). The molecule has 1 aliphatic carbocycles. The Labute approximate surface area is 268 Å². The van der Waals surface area contributed by atoms with Crippen LogP contribution in [0, 0.1) is 35.4 Å². The first-order valence-electron chi connectivity index (χ1n) is 12.9. The van der Waals surface area contributed by atoms with Gasteiger partial charge in [-0.25, -0.2) is 0 Å². The molecule has 2 nitrogen and oxygen atoms in total. The molecular weight excluding hydrogens is 743 g/mol. The standard InChI is InChI=1S/C35H18F4N2.2CH4.Pt/c36-21-15-17-25(29(38)19-21)31-11-5-13-33(40-31)35(27-9-3-1-7-23(27)24-8-2-4-10-28(24)35)34-14-6-12-32(41-34)26-18-16-22(37)20-30(26)39;;;/h1-16,19-20H;2*1H4;/q-2;;;+2. The van der Waals surface area contributed by atoms with Crippen molar-refractivity contribution in [3.05, 3.63) is 167 Å². The van der Waals surface area contributed by atoms with E-state index in [9.17, 15) is 17.6 Å². The quantitative estimate of drug-likeness (QED) is 0.132. The summed E-state index contributed by atoms with van der Waals surface area (Å²) < 4.78 is 57.1. The molecule has 0 N–H and O–H groups in total. The average molecular weight is 770 g/mol. The number of benzene rings is 4. The fourth-order valence-corrected chi connectivity index (χ4v) is 5.77. The second-order valence-electron chi connectivity index (χ2n) is 9.74. The van der Waals surface area contributed by atoms with Gasteiger partial charge in [-0.15, -0.1) is 24.3 Å². The Bertz CT molecular complexity index is 1830. The van der Waals surface area contributed by atoms with Gasteiger partial charge in [0.25, 0.3) is 0 Å². The van der Waals surface area contributed by atoms with E-state index in [2.05, 4.69) is 12.1 Å². The molecular formula is C37H26F4N2Pt. The van der Waals surface area contributed by atoms with Crippen LogP contribution in [-0.2, 0) is 26.5 Å². The molecule has 2 aromatic heterocycles. The monoisotopic (exact) mass is 769 g/mol. The van der Waals surface area contributed by atoms with E-state index < -0.39 is 28.7 Å². The number of pyridine rings is 2. The predicted molar refractivity (Wildman–Crippen MR) is 161 cm³/mol. The molecule has 222 valence electrons. The van der Waals surface area contributed by atoms with E-state index in [4.69, 9.17) is 9.97 Å². The van der Waals surface area contributed by atoms with Crippen molar-refractivity contribution in [2.45, 2.75) is 20.3 Å². The predicted octanol–water partition coefficient (Wildman–Crippen LogP) is 9.60. The van der Waals surface area contributed by atoms with Crippen molar-refractivity contribution in [3.63, 3.8) is 0 Å². The van der Waals surface area contributed by atoms with E-state index in [0.717, 1.165) is 46.5 Å². The molecule has 0 spiro atoms. The fraction of sp³-hybridized carbons (Fsp3) is 0.0811. The maximum atomic E-state index is 14.9. The van der Waals surface area contributed by atoms with Crippen molar-refractivity contribution in [3.8, 4) is 33.6 Å². The van der Waals surface area contributed by atoms with Crippen molar-refractivity contribution < 1.29 is 38.6 Å². The summed E-state index contributed by atoms with van der Waals surface area (Å²) in [4.78, 5) is 9.86. The number of hydrogen-bond acceptors (Lipinski definition) is 2. The van der Waals surface area contributed by atoms with Gasteiger partial charge >= 0.3 is 21.1 Å². The zero-order valence-corrected chi connectivity index (χ0v) is 23.9. The minimum Gasteiger partial charge on any atom is -0.299 e.